The van der Waals surface area contributed by atoms with E-state index in [4.69, 9.17) is 0 Å². The van der Waals surface area contributed by atoms with Crippen molar-refractivity contribution in [1.29, 1.82) is 0 Å². The molecule has 0 radical (unpaired) electrons. The van der Waals surface area contributed by atoms with Gasteiger partial charge in [0.1, 0.15) is 0 Å². The topological polar surface area (TPSA) is 57.7 Å². The molecule has 4 atom stereocenters. The lowest BCUT2D eigenvalue weighted by Crippen LogP contribution is -2.33. The molecule has 140 valence electrons. The van der Waals surface area contributed by atoms with Crippen LogP contribution in [0.25, 0.3) is 0 Å². The van der Waals surface area contributed by atoms with E-state index < -0.39 is 0 Å². The predicted molar refractivity (Wildman–Crippen MR) is 106 cm³/mol. The molecule has 2 aromatic carbocycles. The second kappa shape index (κ2) is 6.16. The average Bonchev–Trinajstić information content (AvgIpc) is 3.41. The molecule has 1 aliphatic heterocycles. The smallest absolute Gasteiger partial charge is 0.258 e. The number of rotatable bonds is 3. The number of anilines is 2. The van der Waals surface area contributed by atoms with Crippen LogP contribution in [0.15, 0.2) is 66.7 Å². The number of benzene rings is 2. The summed E-state index contributed by atoms with van der Waals surface area (Å²) in [5.74, 6) is -0.398. The zero-order chi connectivity index (χ0) is 19.4. The summed E-state index contributed by atoms with van der Waals surface area (Å²) in [5, 5.41) is 0. The number of allylic oxidation sites excluding steroid dienone is 2. The van der Waals surface area contributed by atoms with E-state index in [9.17, 15) is 14.4 Å². The van der Waals surface area contributed by atoms with Gasteiger partial charge < -0.3 is 4.90 Å². The van der Waals surface area contributed by atoms with E-state index in [0.29, 0.717) is 11.3 Å². The Morgan fingerprint density at radius 1 is 0.893 bits per heavy atom. The summed E-state index contributed by atoms with van der Waals surface area (Å²) in [4.78, 5) is 41.4. The number of carbonyl (C=O) groups excluding carboxylic acids is 3. The van der Waals surface area contributed by atoms with Crippen molar-refractivity contribution in [3.8, 4) is 0 Å². The molecule has 1 heterocycles. The molecular formula is C23H20N2O3. The molecule has 2 fully saturated rings. The molecule has 5 nitrogen and oxygen atoms in total. The molecule has 2 aliphatic carbocycles. The van der Waals surface area contributed by atoms with E-state index in [1.807, 2.05) is 30.3 Å². The fourth-order valence-corrected chi connectivity index (χ4v) is 4.87. The maximum Gasteiger partial charge on any atom is 0.258 e. The first-order chi connectivity index (χ1) is 13.6. The van der Waals surface area contributed by atoms with Gasteiger partial charge in [-0.15, -0.1) is 0 Å². The molecule has 3 aliphatic rings. The second-order valence-electron chi connectivity index (χ2n) is 7.76. The molecule has 0 N–H and O–H groups in total. The molecule has 2 bridgehead atoms. The highest BCUT2D eigenvalue weighted by Gasteiger charge is 2.59. The Hall–Kier alpha value is -3.21. The summed E-state index contributed by atoms with van der Waals surface area (Å²) in [6.07, 6.45) is 5.09. The van der Waals surface area contributed by atoms with Crippen LogP contribution in [0.2, 0.25) is 0 Å². The van der Waals surface area contributed by atoms with Gasteiger partial charge in [0.25, 0.3) is 5.91 Å². The van der Waals surface area contributed by atoms with Gasteiger partial charge in [-0.3, -0.25) is 19.3 Å². The molecule has 2 aromatic rings. The number of carbonyl (C=O) groups is 3. The van der Waals surface area contributed by atoms with Crippen LogP contribution in [0.5, 0.6) is 0 Å². The Kier molecular flexibility index (Phi) is 3.72. The maximum absolute atomic E-state index is 12.9. The standard InChI is InChI=1S/C23H20N2O3/c1-24(17-5-3-2-4-6-17)21(26)14-9-11-18(12-10-14)25-22(27)19-15-7-8-16(13-15)20(19)23(25)28/h2-12,15-16,19-20H,13H2,1H3/t15-,16-,19-,20+/m0/s1. The molecule has 5 rings (SSSR count). The van der Waals surface area contributed by atoms with Crippen molar-refractivity contribution in [3.63, 3.8) is 0 Å². The molecule has 5 heteroatoms. The van der Waals surface area contributed by atoms with Gasteiger partial charge in [0.2, 0.25) is 11.8 Å². The lowest BCUT2D eigenvalue weighted by molar-refractivity contribution is -0.123. The fraction of sp³-hybridized carbons (Fsp3) is 0.261. The number of hydrogen-bond acceptors (Lipinski definition) is 3. The molecule has 1 saturated heterocycles. The van der Waals surface area contributed by atoms with E-state index in [2.05, 4.69) is 12.2 Å². The van der Waals surface area contributed by atoms with Crippen molar-refractivity contribution < 1.29 is 14.4 Å². The molecule has 28 heavy (non-hydrogen) atoms. The number of para-hydroxylation sites is 1. The third-order valence-electron chi connectivity index (χ3n) is 6.29. The number of nitrogens with zero attached hydrogens (tertiary/aromatic N) is 2. The van der Waals surface area contributed by atoms with Crippen LogP contribution in [0.3, 0.4) is 0 Å². The van der Waals surface area contributed by atoms with Gasteiger partial charge in [-0.25, -0.2) is 0 Å². The first-order valence-corrected chi connectivity index (χ1v) is 9.55. The second-order valence-corrected chi connectivity index (χ2v) is 7.76. The highest BCUT2D eigenvalue weighted by Crippen LogP contribution is 2.53. The third-order valence-corrected chi connectivity index (χ3v) is 6.29. The minimum Gasteiger partial charge on any atom is -0.311 e. The first-order valence-electron chi connectivity index (χ1n) is 9.55. The fourth-order valence-electron chi connectivity index (χ4n) is 4.87. The minimum atomic E-state index is -0.215. The number of fused-ring (bicyclic) bond motifs is 5. The monoisotopic (exact) mass is 372 g/mol. The third kappa shape index (κ3) is 2.35. The lowest BCUT2D eigenvalue weighted by atomic mass is 9.85. The maximum atomic E-state index is 12.9. The van der Waals surface area contributed by atoms with Crippen molar-refractivity contribution in [3.05, 3.63) is 72.3 Å². The summed E-state index contributed by atoms with van der Waals surface area (Å²) < 4.78 is 0. The highest BCUT2D eigenvalue weighted by atomic mass is 16.2. The summed E-state index contributed by atoms with van der Waals surface area (Å²) in [6, 6.07) is 16.1. The Morgan fingerprint density at radius 3 is 2.04 bits per heavy atom. The van der Waals surface area contributed by atoms with E-state index in [1.54, 1.807) is 36.2 Å². The van der Waals surface area contributed by atoms with Crippen LogP contribution in [-0.4, -0.2) is 24.8 Å². The minimum absolute atomic E-state index is 0.104. The molecule has 3 amide bonds. The van der Waals surface area contributed by atoms with Gasteiger partial charge in [0, 0.05) is 18.3 Å². The summed E-state index contributed by atoms with van der Waals surface area (Å²) in [6.45, 7) is 0. The van der Waals surface area contributed by atoms with E-state index in [-0.39, 0.29) is 41.4 Å². The number of imide groups is 1. The molecule has 0 aromatic heterocycles. The quantitative estimate of drug-likeness (QED) is 0.614. The van der Waals surface area contributed by atoms with Crippen molar-refractivity contribution in [2.24, 2.45) is 23.7 Å². The molecular weight excluding hydrogens is 352 g/mol. The van der Waals surface area contributed by atoms with Gasteiger partial charge in [0.05, 0.1) is 17.5 Å². The SMILES string of the molecule is CN(C(=O)c1ccc(N2C(=O)[C@@H]3[C@H](C2=O)[C@H]2C=C[C@H]3C2)cc1)c1ccccc1. The van der Waals surface area contributed by atoms with E-state index in [1.165, 1.54) is 4.90 Å². The van der Waals surface area contributed by atoms with Crippen LogP contribution in [-0.2, 0) is 9.59 Å². The Morgan fingerprint density at radius 2 is 1.46 bits per heavy atom. The van der Waals surface area contributed by atoms with E-state index >= 15 is 0 Å². The molecule has 0 spiro atoms. The van der Waals surface area contributed by atoms with Gasteiger partial charge in [-0.2, -0.15) is 0 Å². The first kappa shape index (κ1) is 16.9. The Balaban J connectivity index is 1.38. The summed E-state index contributed by atoms with van der Waals surface area (Å²) in [5.41, 5.74) is 1.86. The van der Waals surface area contributed by atoms with Crippen LogP contribution in [0, 0.1) is 23.7 Å². The van der Waals surface area contributed by atoms with Crippen LogP contribution in [0.4, 0.5) is 11.4 Å². The Labute approximate surface area is 163 Å². The van der Waals surface area contributed by atoms with Gasteiger partial charge in [-0.05, 0) is 54.7 Å². The van der Waals surface area contributed by atoms with Crippen molar-refractivity contribution in [1.82, 2.24) is 0 Å². The number of amides is 3. The normalized spacial score (nSPS) is 27.4. The van der Waals surface area contributed by atoms with Crippen LogP contribution < -0.4 is 9.80 Å². The lowest BCUT2D eigenvalue weighted by Gasteiger charge is -2.19. The summed E-state index contributed by atoms with van der Waals surface area (Å²) in [7, 11) is 1.73. The van der Waals surface area contributed by atoms with Gasteiger partial charge in [-0.1, -0.05) is 30.4 Å². The summed E-state index contributed by atoms with van der Waals surface area (Å²) >= 11 is 0. The largest absolute Gasteiger partial charge is 0.311 e. The molecule has 0 unspecified atom stereocenters. The molecule has 1 saturated carbocycles. The van der Waals surface area contributed by atoms with Gasteiger partial charge in [0.15, 0.2) is 0 Å². The van der Waals surface area contributed by atoms with E-state index in [0.717, 1.165) is 12.1 Å². The highest BCUT2D eigenvalue weighted by molar-refractivity contribution is 6.23. The van der Waals surface area contributed by atoms with Crippen molar-refractivity contribution >= 4 is 29.1 Å². The van der Waals surface area contributed by atoms with Crippen LogP contribution >= 0.6 is 0 Å². The Bertz CT molecular complexity index is 966. The predicted octanol–water partition coefficient (Wildman–Crippen LogP) is 3.27. The van der Waals surface area contributed by atoms with Crippen LogP contribution in [0.1, 0.15) is 16.8 Å². The zero-order valence-corrected chi connectivity index (χ0v) is 15.5. The zero-order valence-electron chi connectivity index (χ0n) is 15.5. The number of hydrogen-bond donors (Lipinski definition) is 0. The van der Waals surface area contributed by atoms with Crippen molar-refractivity contribution in [2.45, 2.75) is 6.42 Å². The van der Waals surface area contributed by atoms with Gasteiger partial charge >= 0.3 is 0 Å². The van der Waals surface area contributed by atoms with Crippen molar-refractivity contribution in [2.75, 3.05) is 16.8 Å². The average molecular weight is 372 g/mol.